The summed E-state index contributed by atoms with van der Waals surface area (Å²) in [5.41, 5.74) is -3.45. The molecule has 0 atom stereocenters. The molecule has 1 saturated carbocycles. The van der Waals surface area contributed by atoms with E-state index in [1.165, 1.54) is 18.9 Å². The van der Waals surface area contributed by atoms with E-state index in [-0.39, 0.29) is 13.2 Å². The van der Waals surface area contributed by atoms with Crippen LogP contribution >= 0.6 is 0 Å². The average molecular weight is 393 g/mol. The molecule has 0 spiro atoms. The smallest absolute Gasteiger partial charge is 0.343 e. The third kappa shape index (κ3) is 3.66. The van der Waals surface area contributed by atoms with Gasteiger partial charge >= 0.3 is 5.97 Å². The number of Topliss-reactive ketones (excluding diaryl/α,β-unsaturated/α-hetero) is 1. The van der Waals surface area contributed by atoms with E-state index in [1.807, 2.05) is 0 Å². The number of carbonyl (C=O) groups is 2. The van der Waals surface area contributed by atoms with Gasteiger partial charge in [-0.25, -0.2) is 26.7 Å². The van der Waals surface area contributed by atoms with Crippen LogP contribution < -0.4 is 0 Å². The summed E-state index contributed by atoms with van der Waals surface area (Å²) in [6, 6.07) is 0. The van der Waals surface area contributed by atoms with Crippen LogP contribution in [-0.4, -0.2) is 47.6 Å². The second-order valence-electron chi connectivity index (χ2n) is 6.03. The lowest BCUT2D eigenvalue weighted by Crippen LogP contribution is -2.34. The fourth-order valence-electron chi connectivity index (χ4n) is 2.45. The third-order valence-electron chi connectivity index (χ3n) is 4.37. The molecule has 1 N–H and O–H groups in total. The third-order valence-corrected chi connectivity index (χ3v) is 4.37. The Hall–Kier alpha value is -2.49. The minimum Gasteiger partial charge on any atom is -0.462 e. The molecule has 2 rings (SSSR count). The highest BCUT2D eigenvalue weighted by atomic mass is 19.2. The van der Waals surface area contributed by atoms with Crippen molar-refractivity contribution in [3.63, 3.8) is 0 Å². The van der Waals surface area contributed by atoms with Crippen molar-refractivity contribution in [3.8, 4) is 0 Å². The van der Waals surface area contributed by atoms with Crippen molar-refractivity contribution < 1.29 is 41.4 Å². The van der Waals surface area contributed by atoms with Gasteiger partial charge in [0.15, 0.2) is 23.3 Å². The molecule has 0 amide bonds. The fraction of sp³-hybridized carbons (Fsp3) is 0.412. The first-order valence-electron chi connectivity index (χ1n) is 7.90. The minimum atomic E-state index is -2.42. The van der Waals surface area contributed by atoms with Crippen molar-refractivity contribution in [3.05, 3.63) is 46.4 Å². The van der Waals surface area contributed by atoms with Gasteiger partial charge in [-0.3, -0.25) is 4.79 Å². The first-order chi connectivity index (χ1) is 12.6. The Labute approximate surface area is 151 Å². The van der Waals surface area contributed by atoms with Crippen LogP contribution in [0, 0.1) is 29.1 Å². The quantitative estimate of drug-likeness (QED) is 0.113. The van der Waals surface area contributed by atoms with Gasteiger partial charge in [0.25, 0.3) is 0 Å². The normalized spacial score (nSPS) is 15.5. The summed E-state index contributed by atoms with van der Waals surface area (Å²) in [4.78, 5) is 25.9. The predicted molar refractivity (Wildman–Crippen MR) is 82.1 cm³/mol. The van der Waals surface area contributed by atoms with Gasteiger partial charge in [0.1, 0.15) is 11.1 Å². The lowest BCUT2D eigenvalue weighted by Gasteiger charge is -2.25. The summed E-state index contributed by atoms with van der Waals surface area (Å²) in [5, 5.41) is 9.40. The summed E-state index contributed by atoms with van der Waals surface area (Å²) < 4.78 is 72.5. The Morgan fingerprint density at radius 1 is 1.07 bits per heavy atom. The van der Waals surface area contributed by atoms with Crippen LogP contribution in [0.4, 0.5) is 22.0 Å². The second kappa shape index (κ2) is 7.63. The number of nitrogens with zero attached hydrogens (tertiary/aromatic N) is 1. The van der Waals surface area contributed by atoms with Gasteiger partial charge in [-0.05, 0) is 19.8 Å². The van der Waals surface area contributed by atoms with Crippen molar-refractivity contribution in [1.82, 2.24) is 4.90 Å². The molecule has 1 fully saturated rings. The molecular formula is C17H16F5NO4. The molecule has 148 valence electrons. The van der Waals surface area contributed by atoms with Crippen LogP contribution in [0.2, 0.25) is 0 Å². The van der Waals surface area contributed by atoms with E-state index in [1.54, 1.807) is 0 Å². The minimum absolute atomic E-state index is 0.199. The van der Waals surface area contributed by atoms with Crippen LogP contribution in [0.15, 0.2) is 11.8 Å². The highest BCUT2D eigenvalue weighted by molar-refractivity contribution is 6.24. The zero-order valence-corrected chi connectivity index (χ0v) is 14.4. The average Bonchev–Trinajstić information content (AvgIpc) is 3.44. The maximum atomic E-state index is 13.9. The molecule has 1 aromatic rings. The van der Waals surface area contributed by atoms with Gasteiger partial charge in [0.2, 0.25) is 11.6 Å². The molecule has 5 nitrogen and oxygen atoms in total. The number of hydrogen-bond donors (Lipinski definition) is 1. The topological polar surface area (TPSA) is 66.8 Å². The van der Waals surface area contributed by atoms with Crippen molar-refractivity contribution in [2.75, 3.05) is 20.3 Å². The number of ketones is 1. The lowest BCUT2D eigenvalue weighted by atomic mass is 10.0. The molecule has 10 heteroatoms. The maximum absolute atomic E-state index is 13.9. The summed E-state index contributed by atoms with van der Waals surface area (Å²) in [6.07, 6.45) is 1.91. The Bertz CT molecular complexity index is 791. The predicted octanol–water partition coefficient (Wildman–Crippen LogP) is 2.47. The van der Waals surface area contributed by atoms with Crippen LogP contribution in [0.1, 0.15) is 30.1 Å². The van der Waals surface area contributed by atoms with Crippen LogP contribution in [-0.2, 0) is 9.53 Å². The van der Waals surface area contributed by atoms with Crippen molar-refractivity contribution in [2.24, 2.45) is 0 Å². The van der Waals surface area contributed by atoms with E-state index in [4.69, 9.17) is 0 Å². The van der Waals surface area contributed by atoms with Crippen molar-refractivity contribution >= 4 is 11.8 Å². The number of rotatable bonds is 7. The summed E-state index contributed by atoms with van der Waals surface area (Å²) >= 11 is 0. The SMILES string of the molecule is CCOC(=O)/C(=C\N(C)C1(CO)CC1)C(=O)c1c(F)c(F)c(F)c(F)c1F. The Morgan fingerprint density at radius 3 is 1.96 bits per heavy atom. The summed E-state index contributed by atoms with van der Waals surface area (Å²) in [7, 11) is 1.40. The van der Waals surface area contributed by atoms with Crippen molar-refractivity contribution in [2.45, 2.75) is 25.3 Å². The van der Waals surface area contributed by atoms with Gasteiger partial charge in [-0.15, -0.1) is 0 Å². The monoisotopic (exact) mass is 393 g/mol. The number of esters is 1. The second-order valence-corrected chi connectivity index (χ2v) is 6.03. The number of carbonyl (C=O) groups excluding carboxylic acids is 2. The lowest BCUT2D eigenvalue weighted by molar-refractivity contribution is -0.138. The van der Waals surface area contributed by atoms with E-state index < -0.39 is 57.5 Å². The molecule has 0 bridgehead atoms. The fourth-order valence-corrected chi connectivity index (χ4v) is 2.45. The van der Waals surface area contributed by atoms with Gasteiger partial charge in [-0.1, -0.05) is 0 Å². The zero-order valence-electron chi connectivity index (χ0n) is 14.4. The standard InChI is InChI=1S/C17H16F5NO4/c1-3-27-16(26)8(6-23(2)17(7-24)4-5-17)15(25)9-10(18)12(20)14(22)13(21)11(9)19/h6,24H,3-5,7H2,1-2H3/b8-6-. The van der Waals surface area contributed by atoms with Gasteiger partial charge < -0.3 is 14.7 Å². The number of ether oxygens (including phenoxy) is 1. The molecule has 1 aliphatic rings. The molecule has 0 aliphatic heterocycles. The Kier molecular flexibility index (Phi) is 5.88. The van der Waals surface area contributed by atoms with E-state index in [9.17, 15) is 36.6 Å². The Morgan fingerprint density at radius 2 is 1.56 bits per heavy atom. The molecule has 1 aliphatic carbocycles. The van der Waals surface area contributed by atoms with Crippen LogP contribution in [0.3, 0.4) is 0 Å². The zero-order chi connectivity index (χ0) is 20.5. The maximum Gasteiger partial charge on any atom is 0.343 e. The van der Waals surface area contributed by atoms with E-state index in [0.717, 1.165) is 6.20 Å². The highest BCUT2D eigenvalue weighted by Gasteiger charge is 2.46. The number of hydrogen-bond acceptors (Lipinski definition) is 5. The van der Waals surface area contributed by atoms with E-state index in [0.29, 0.717) is 12.8 Å². The van der Waals surface area contributed by atoms with Gasteiger partial charge in [0.05, 0.1) is 18.8 Å². The van der Waals surface area contributed by atoms with Gasteiger partial charge in [0, 0.05) is 13.2 Å². The van der Waals surface area contributed by atoms with Crippen LogP contribution in [0.25, 0.3) is 0 Å². The molecule has 0 radical (unpaired) electrons. The first-order valence-corrected chi connectivity index (χ1v) is 7.90. The van der Waals surface area contributed by atoms with E-state index >= 15 is 0 Å². The largest absolute Gasteiger partial charge is 0.462 e. The molecule has 0 saturated heterocycles. The number of aliphatic hydroxyl groups is 1. The number of aliphatic hydroxyl groups excluding tert-OH is 1. The summed E-state index contributed by atoms with van der Waals surface area (Å²) in [6.45, 7) is 0.875. The number of halogens is 5. The molecule has 1 aromatic carbocycles. The van der Waals surface area contributed by atoms with Gasteiger partial charge in [-0.2, -0.15) is 0 Å². The first kappa shape index (κ1) is 20.8. The summed E-state index contributed by atoms with van der Waals surface area (Å²) in [5.74, 6) is -14.7. The molecule has 27 heavy (non-hydrogen) atoms. The van der Waals surface area contributed by atoms with E-state index in [2.05, 4.69) is 4.74 Å². The number of benzene rings is 1. The van der Waals surface area contributed by atoms with Crippen LogP contribution in [0.5, 0.6) is 0 Å². The molecule has 0 heterocycles. The molecular weight excluding hydrogens is 377 g/mol. The highest BCUT2D eigenvalue weighted by Crippen LogP contribution is 2.41. The molecule has 0 unspecified atom stereocenters. The van der Waals surface area contributed by atoms with Crippen molar-refractivity contribution in [1.29, 1.82) is 0 Å². The number of likely N-dealkylation sites (N-methyl/N-ethyl adjacent to an activating group) is 1. The Balaban J connectivity index is 2.58. The molecule has 0 aromatic heterocycles.